The number of carbonyl (C=O) groups is 1. The molecule has 100 valence electrons. The van der Waals surface area contributed by atoms with Crippen molar-refractivity contribution in [1.29, 1.82) is 0 Å². The van der Waals surface area contributed by atoms with Crippen molar-refractivity contribution in [1.82, 2.24) is 4.98 Å². The lowest BCUT2D eigenvalue weighted by Crippen LogP contribution is -2.12. The number of amides is 1. The van der Waals surface area contributed by atoms with E-state index in [0.717, 1.165) is 0 Å². The standard InChI is InChI=1S/C13H15N3O3/c1-9-12(19-8-15-9)13(17)16-10-2-4-11(5-3-10)18-7-6-14/h2-5,8H,6-7,14H2,1H3,(H,16,17). The first kappa shape index (κ1) is 13.1. The van der Waals surface area contributed by atoms with Crippen LogP contribution in [0, 0.1) is 6.92 Å². The highest BCUT2D eigenvalue weighted by Crippen LogP contribution is 2.17. The summed E-state index contributed by atoms with van der Waals surface area (Å²) in [6.45, 7) is 2.63. The van der Waals surface area contributed by atoms with E-state index in [4.69, 9.17) is 14.9 Å². The molecule has 1 amide bonds. The summed E-state index contributed by atoms with van der Waals surface area (Å²) < 4.78 is 10.4. The zero-order chi connectivity index (χ0) is 13.7. The first-order valence-electron chi connectivity index (χ1n) is 5.85. The van der Waals surface area contributed by atoms with Gasteiger partial charge >= 0.3 is 0 Å². The highest BCUT2D eigenvalue weighted by molar-refractivity contribution is 6.02. The molecule has 1 aromatic heterocycles. The molecular formula is C13H15N3O3. The van der Waals surface area contributed by atoms with Crippen molar-refractivity contribution in [2.75, 3.05) is 18.5 Å². The first-order valence-corrected chi connectivity index (χ1v) is 5.85. The third-order valence-electron chi connectivity index (χ3n) is 2.45. The molecule has 6 heteroatoms. The van der Waals surface area contributed by atoms with Crippen LogP contribution in [0.25, 0.3) is 0 Å². The molecule has 0 spiro atoms. The fraction of sp³-hybridized carbons (Fsp3) is 0.231. The molecule has 2 aromatic rings. The van der Waals surface area contributed by atoms with Gasteiger partial charge in [0.1, 0.15) is 12.4 Å². The fourth-order valence-corrected chi connectivity index (χ4v) is 1.52. The average Bonchev–Trinajstić information content (AvgIpc) is 2.84. The quantitative estimate of drug-likeness (QED) is 0.852. The fourth-order valence-electron chi connectivity index (χ4n) is 1.52. The second kappa shape index (κ2) is 6.01. The van der Waals surface area contributed by atoms with Crippen molar-refractivity contribution in [2.24, 2.45) is 5.73 Å². The van der Waals surface area contributed by atoms with Crippen molar-refractivity contribution in [2.45, 2.75) is 6.92 Å². The molecule has 2 rings (SSSR count). The summed E-state index contributed by atoms with van der Waals surface area (Å²) in [5.74, 6) is 0.591. The van der Waals surface area contributed by atoms with Crippen LogP contribution < -0.4 is 15.8 Å². The van der Waals surface area contributed by atoms with Crippen LogP contribution in [-0.4, -0.2) is 24.0 Å². The highest BCUT2D eigenvalue weighted by atomic mass is 16.5. The van der Waals surface area contributed by atoms with E-state index in [1.165, 1.54) is 6.39 Å². The maximum absolute atomic E-state index is 11.9. The zero-order valence-electron chi connectivity index (χ0n) is 10.6. The molecular weight excluding hydrogens is 246 g/mol. The summed E-state index contributed by atoms with van der Waals surface area (Å²) in [6.07, 6.45) is 1.24. The second-order valence-electron chi connectivity index (χ2n) is 3.88. The van der Waals surface area contributed by atoms with Gasteiger partial charge in [-0.05, 0) is 31.2 Å². The van der Waals surface area contributed by atoms with E-state index in [2.05, 4.69) is 10.3 Å². The van der Waals surface area contributed by atoms with E-state index < -0.39 is 0 Å². The van der Waals surface area contributed by atoms with Crippen LogP contribution >= 0.6 is 0 Å². The van der Waals surface area contributed by atoms with E-state index in [1.54, 1.807) is 31.2 Å². The Labute approximate surface area is 110 Å². The number of nitrogens with two attached hydrogens (primary N) is 1. The Balaban J connectivity index is 2.00. The number of benzene rings is 1. The van der Waals surface area contributed by atoms with E-state index in [-0.39, 0.29) is 11.7 Å². The number of nitrogens with one attached hydrogen (secondary N) is 1. The van der Waals surface area contributed by atoms with Crippen molar-refractivity contribution >= 4 is 11.6 Å². The van der Waals surface area contributed by atoms with Crippen LogP contribution in [0.4, 0.5) is 5.69 Å². The van der Waals surface area contributed by atoms with E-state index in [9.17, 15) is 4.79 Å². The molecule has 3 N–H and O–H groups in total. The number of nitrogens with zero attached hydrogens (tertiary/aromatic N) is 1. The topological polar surface area (TPSA) is 90.4 Å². The maximum Gasteiger partial charge on any atom is 0.293 e. The SMILES string of the molecule is Cc1ncoc1C(=O)Nc1ccc(OCCN)cc1. The van der Waals surface area contributed by atoms with E-state index in [0.29, 0.717) is 30.3 Å². The number of rotatable bonds is 5. The van der Waals surface area contributed by atoms with Gasteiger partial charge in [-0.25, -0.2) is 4.98 Å². The summed E-state index contributed by atoms with van der Waals surface area (Å²) in [5, 5.41) is 2.72. The second-order valence-corrected chi connectivity index (χ2v) is 3.88. The predicted molar refractivity (Wildman–Crippen MR) is 70.2 cm³/mol. The lowest BCUT2D eigenvalue weighted by molar-refractivity contribution is 0.0996. The van der Waals surface area contributed by atoms with Gasteiger partial charge in [-0.3, -0.25) is 4.79 Å². The molecule has 0 aliphatic heterocycles. The van der Waals surface area contributed by atoms with E-state index in [1.807, 2.05) is 0 Å². The summed E-state index contributed by atoms with van der Waals surface area (Å²) >= 11 is 0. The van der Waals surface area contributed by atoms with Crippen LogP contribution in [0.5, 0.6) is 5.75 Å². The average molecular weight is 261 g/mol. The van der Waals surface area contributed by atoms with Gasteiger partial charge in [-0.2, -0.15) is 0 Å². The minimum absolute atomic E-state index is 0.212. The molecule has 6 nitrogen and oxygen atoms in total. The number of hydrogen-bond acceptors (Lipinski definition) is 5. The predicted octanol–water partition coefficient (Wildman–Crippen LogP) is 1.57. The van der Waals surface area contributed by atoms with Gasteiger partial charge in [0.05, 0.1) is 5.69 Å². The molecule has 0 bridgehead atoms. The summed E-state index contributed by atoms with van der Waals surface area (Å²) in [7, 11) is 0. The van der Waals surface area contributed by atoms with Crippen molar-refractivity contribution in [3.05, 3.63) is 42.1 Å². The summed E-state index contributed by atoms with van der Waals surface area (Å²) in [4.78, 5) is 15.7. The number of oxazole rings is 1. The number of anilines is 1. The minimum atomic E-state index is -0.328. The molecule has 0 saturated heterocycles. The molecule has 0 fully saturated rings. The molecule has 0 unspecified atom stereocenters. The van der Waals surface area contributed by atoms with Crippen LogP contribution in [0.15, 0.2) is 35.1 Å². The lowest BCUT2D eigenvalue weighted by atomic mass is 10.3. The largest absolute Gasteiger partial charge is 0.492 e. The molecule has 19 heavy (non-hydrogen) atoms. The summed E-state index contributed by atoms with van der Waals surface area (Å²) in [5.41, 5.74) is 6.55. The van der Waals surface area contributed by atoms with Gasteiger partial charge < -0.3 is 20.2 Å². The molecule has 1 heterocycles. The third kappa shape index (κ3) is 3.32. The number of aromatic nitrogens is 1. The normalized spacial score (nSPS) is 10.2. The minimum Gasteiger partial charge on any atom is -0.492 e. The van der Waals surface area contributed by atoms with Gasteiger partial charge in [-0.1, -0.05) is 0 Å². The van der Waals surface area contributed by atoms with Crippen LogP contribution in [0.2, 0.25) is 0 Å². The van der Waals surface area contributed by atoms with Crippen molar-refractivity contribution < 1.29 is 13.9 Å². The Bertz CT molecular complexity index is 549. The van der Waals surface area contributed by atoms with Crippen LogP contribution in [0.1, 0.15) is 16.2 Å². The first-order chi connectivity index (χ1) is 9.20. The van der Waals surface area contributed by atoms with Crippen LogP contribution in [-0.2, 0) is 0 Å². The van der Waals surface area contributed by atoms with Gasteiger partial charge in [0.25, 0.3) is 5.91 Å². The number of hydrogen-bond donors (Lipinski definition) is 2. The number of aryl methyl sites for hydroxylation is 1. The molecule has 0 radical (unpaired) electrons. The molecule has 0 aliphatic carbocycles. The van der Waals surface area contributed by atoms with Gasteiger partial charge in [0, 0.05) is 12.2 Å². The molecule has 0 saturated carbocycles. The highest BCUT2D eigenvalue weighted by Gasteiger charge is 2.13. The Hall–Kier alpha value is -2.34. The Morgan fingerprint density at radius 1 is 1.42 bits per heavy atom. The maximum atomic E-state index is 11.9. The Kier molecular flexibility index (Phi) is 4.15. The Morgan fingerprint density at radius 3 is 2.74 bits per heavy atom. The molecule has 0 atom stereocenters. The lowest BCUT2D eigenvalue weighted by Gasteiger charge is -2.06. The van der Waals surface area contributed by atoms with Crippen molar-refractivity contribution in [3.8, 4) is 5.75 Å². The van der Waals surface area contributed by atoms with Gasteiger partial charge in [-0.15, -0.1) is 0 Å². The summed E-state index contributed by atoms with van der Waals surface area (Å²) in [6, 6.07) is 7.02. The molecule has 0 aliphatic rings. The third-order valence-corrected chi connectivity index (χ3v) is 2.45. The molecule has 1 aromatic carbocycles. The number of carbonyl (C=O) groups excluding carboxylic acids is 1. The van der Waals surface area contributed by atoms with Gasteiger partial charge in [0.2, 0.25) is 5.76 Å². The monoisotopic (exact) mass is 261 g/mol. The van der Waals surface area contributed by atoms with E-state index >= 15 is 0 Å². The number of ether oxygens (including phenoxy) is 1. The smallest absolute Gasteiger partial charge is 0.293 e. The zero-order valence-corrected chi connectivity index (χ0v) is 10.6. The van der Waals surface area contributed by atoms with Gasteiger partial charge in [0.15, 0.2) is 6.39 Å². The van der Waals surface area contributed by atoms with Crippen LogP contribution in [0.3, 0.4) is 0 Å². The van der Waals surface area contributed by atoms with Crippen molar-refractivity contribution in [3.63, 3.8) is 0 Å². The Morgan fingerprint density at radius 2 is 2.16 bits per heavy atom.